The Balaban J connectivity index is 1.20. The summed E-state index contributed by atoms with van der Waals surface area (Å²) >= 11 is 0. The molecule has 9 heteroatoms. The zero-order valence-electron chi connectivity index (χ0n) is 22.6. The molecule has 0 radical (unpaired) electrons. The van der Waals surface area contributed by atoms with E-state index in [9.17, 15) is 18.0 Å². The van der Waals surface area contributed by atoms with Crippen LogP contribution in [-0.4, -0.2) is 25.5 Å². The summed E-state index contributed by atoms with van der Waals surface area (Å²) in [6, 6.07) is 17.1. The van der Waals surface area contributed by atoms with Gasteiger partial charge in [-0.1, -0.05) is 43.3 Å². The number of halogens is 3. The summed E-state index contributed by atoms with van der Waals surface area (Å²) in [7, 11) is 0. The highest BCUT2D eigenvalue weighted by molar-refractivity contribution is 5.96. The number of alkyl halides is 3. The van der Waals surface area contributed by atoms with Gasteiger partial charge >= 0.3 is 6.18 Å². The number of nitrogens with one attached hydrogen (secondary N) is 1. The van der Waals surface area contributed by atoms with Crippen LogP contribution in [0.15, 0.2) is 79.3 Å². The maximum absolute atomic E-state index is 13.1. The molecule has 3 aromatic carbocycles. The molecule has 5 aromatic rings. The third-order valence-corrected chi connectivity index (χ3v) is 7.50. The molecule has 0 spiro atoms. The average Bonchev–Trinajstić information content (AvgIpc) is 3.71. The molecule has 2 heterocycles. The second-order valence-electron chi connectivity index (χ2n) is 10.7. The van der Waals surface area contributed by atoms with E-state index in [1.807, 2.05) is 55.1 Å². The Morgan fingerprint density at radius 3 is 2.68 bits per heavy atom. The van der Waals surface area contributed by atoms with Gasteiger partial charge in [-0.25, -0.2) is 9.97 Å². The van der Waals surface area contributed by atoms with E-state index in [4.69, 9.17) is 0 Å². The molecule has 0 bridgehead atoms. The Kier molecular flexibility index (Phi) is 6.81. The Labute approximate surface area is 235 Å². The zero-order valence-corrected chi connectivity index (χ0v) is 22.6. The van der Waals surface area contributed by atoms with Crippen LogP contribution in [-0.2, 0) is 6.18 Å². The van der Waals surface area contributed by atoms with E-state index < -0.39 is 11.7 Å². The summed E-state index contributed by atoms with van der Waals surface area (Å²) < 4.78 is 41.3. The number of Topliss-reactive ketones (excluding diaryl/α,β-unsaturated/α-hetero) is 1. The third kappa shape index (κ3) is 5.84. The molecule has 0 saturated heterocycles. The molecule has 1 aliphatic rings. The van der Waals surface area contributed by atoms with E-state index in [0.717, 1.165) is 63.8 Å². The minimum atomic E-state index is -4.49. The fraction of sp³-hybridized carbons (Fsp3) is 0.250. The van der Waals surface area contributed by atoms with Gasteiger partial charge < -0.3 is 5.32 Å². The molecule has 1 saturated carbocycles. The first-order chi connectivity index (χ1) is 19.6. The van der Waals surface area contributed by atoms with Crippen molar-refractivity contribution >= 4 is 28.3 Å². The largest absolute Gasteiger partial charge is 0.416 e. The van der Waals surface area contributed by atoms with Crippen molar-refractivity contribution in [2.24, 2.45) is 0 Å². The van der Waals surface area contributed by atoms with Crippen LogP contribution in [0.4, 0.5) is 24.8 Å². The first-order valence-electron chi connectivity index (χ1n) is 13.5. The molecule has 6 rings (SSSR count). The minimum Gasteiger partial charge on any atom is -0.321 e. The van der Waals surface area contributed by atoms with Gasteiger partial charge in [0.2, 0.25) is 5.95 Å². The number of aromatic nitrogens is 4. The lowest BCUT2D eigenvalue weighted by Gasteiger charge is -2.16. The number of aryl methyl sites for hydroxylation is 1. The highest BCUT2D eigenvalue weighted by atomic mass is 19.4. The number of ketones is 1. The van der Waals surface area contributed by atoms with Crippen molar-refractivity contribution in [1.82, 2.24) is 19.7 Å². The Bertz CT molecular complexity index is 1760. The number of anilines is 2. The molecule has 0 aliphatic heterocycles. The number of benzene rings is 3. The number of nitrogens with zero attached hydrogens (tertiary/aromatic N) is 4. The Morgan fingerprint density at radius 1 is 1.07 bits per heavy atom. The third-order valence-electron chi connectivity index (χ3n) is 7.50. The summed E-state index contributed by atoms with van der Waals surface area (Å²) in [5.41, 5.74) is 4.90. The van der Waals surface area contributed by atoms with Crippen molar-refractivity contribution in [3.63, 3.8) is 0 Å². The molecule has 1 aliphatic carbocycles. The monoisotopic (exact) mass is 555 g/mol. The van der Waals surface area contributed by atoms with Crippen LogP contribution < -0.4 is 5.32 Å². The number of rotatable bonds is 8. The van der Waals surface area contributed by atoms with Crippen LogP contribution >= 0.6 is 0 Å². The summed E-state index contributed by atoms with van der Waals surface area (Å²) in [6.07, 6.45) is 3.47. The van der Waals surface area contributed by atoms with Gasteiger partial charge in [0, 0.05) is 29.8 Å². The smallest absolute Gasteiger partial charge is 0.321 e. The van der Waals surface area contributed by atoms with E-state index in [-0.39, 0.29) is 23.7 Å². The number of hydrogen-bond acceptors (Lipinski definition) is 5. The molecule has 1 fully saturated rings. The van der Waals surface area contributed by atoms with Crippen LogP contribution in [0.25, 0.3) is 22.0 Å². The van der Waals surface area contributed by atoms with Crippen molar-refractivity contribution in [2.75, 3.05) is 5.32 Å². The zero-order chi connectivity index (χ0) is 28.7. The van der Waals surface area contributed by atoms with E-state index in [2.05, 4.69) is 26.4 Å². The normalized spacial score (nSPS) is 14.3. The quantitative estimate of drug-likeness (QED) is 0.195. The summed E-state index contributed by atoms with van der Waals surface area (Å²) in [5.74, 6) is -0.00555. The molecule has 41 heavy (non-hydrogen) atoms. The highest BCUT2D eigenvalue weighted by Gasteiger charge is 2.31. The van der Waals surface area contributed by atoms with Gasteiger partial charge in [0.05, 0.1) is 29.0 Å². The Hall–Kier alpha value is -4.53. The molecule has 1 N–H and O–H groups in total. The van der Waals surface area contributed by atoms with Crippen LogP contribution in [0.3, 0.4) is 0 Å². The lowest BCUT2D eigenvalue weighted by Crippen LogP contribution is -2.09. The van der Waals surface area contributed by atoms with Crippen LogP contribution in [0.1, 0.15) is 65.2 Å². The topological polar surface area (TPSA) is 72.7 Å². The SMILES string of the molecule is Cc1ccc(C(C)CC(=O)c2cccc(C(F)(F)F)c2)cc1-c1ccc2nc(Nc3cnn(C4CC4)c3)ncc2c1. The first-order valence-corrected chi connectivity index (χ1v) is 13.5. The second-order valence-corrected chi connectivity index (χ2v) is 10.7. The predicted octanol–water partition coefficient (Wildman–Crippen LogP) is 8.28. The molecule has 1 atom stereocenters. The van der Waals surface area contributed by atoms with Gasteiger partial charge in [-0.3, -0.25) is 9.48 Å². The fourth-order valence-electron chi connectivity index (χ4n) is 4.97. The van der Waals surface area contributed by atoms with E-state index in [1.165, 1.54) is 12.1 Å². The van der Waals surface area contributed by atoms with Crippen molar-refractivity contribution < 1.29 is 18.0 Å². The number of carbonyl (C=O) groups is 1. The van der Waals surface area contributed by atoms with Gasteiger partial charge in [0.15, 0.2) is 5.78 Å². The first kappa shape index (κ1) is 26.7. The maximum atomic E-state index is 13.1. The maximum Gasteiger partial charge on any atom is 0.416 e. The van der Waals surface area contributed by atoms with Gasteiger partial charge in [0.25, 0.3) is 0 Å². The molecular formula is C32H28F3N5O. The second kappa shape index (κ2) is 10.5. The van der Waals surface area contributed by atoms with Crippen molar-refractivity contribution in [3.8, 4) is 11.1 Å². The number of fused-ring (bicyclic) bond motifs is 1. The lowest BCUT2D eigenvalue weighted by molar-refractivity contribution is -0.137. The van der Waals surface area contributed by atoms with E-state index in [0.29, 0.717) is 12.0 Å². The van der Waals surface area contributed by atoms with Crippen molar-refractivity contribution in [2.45, 2.75) is 51.2 Å². The van der Waals surface area contributed by atoms with E-state index in [1.54, 1.807) is 12.4 Å². The van der Waals surface area contributed by atoms with Crippen molar-refractivity contribution in [1.29, 1.82) is 0 Å². The van der Waals surface area contributed by atoms with E-state index >= 15 is 0 Å². The van der Waals surface area contributed by atoms with Gasteiger partial charge in [-0.2, -0.15) is 18.3 Å². The Morgan fingerprint density at radius 2 is 1.90 bits per heavy atom. The summed E-state index contributed by atoms with van der Waals surface area (Å²) in [4.78, 5) is 22.0. The lowest BCUT2D eigenvalue weighted by atomic mass is 9.89. The highest BCUT2D eigenvalue weighted by Crippen LogP contribution is 2.35. The fourth-order valence-corrected chi connectivity index (χ4v) is 4.97. The number of carbonyl (C=O) groups excluding carboxylic acids is 1. The molecule has 208 valence electrons. The average molecular weight is 556 g/mol. The minimum absolute atomic E-state index is 0.0687. The summed E-state index contributed by atoms with van der Waals surface area (Å²) in [5, 5.41) is 8.50. The van der Waals surface area contributed by atoms with Gasteiger partial charge in [-0.15, -0.1) is 0 Å². The number of hydrogen-bond donors (Lipinski definition) is 1. The molecule has 2 aromatic heterocycles. The molecule has 0 amide bonds. The summed E-state index contributed by atoms with van der Waals surface area (Å²) in [6.45, 7) is 3.93. The predicted molar refractivity (Wildman–Crippen MR) is 152 cm³/mol. The molecule has 1 unspecified atom stereocenters. The van der Waals surface area contributed by atoms with Crippen LogP contribution in [0, 0.1) is 6.92 Å². The van der Waals surface area contributed by atoms with Crippen LogP contribution in [0.2, 0.25) is 0 Å². The van der Waals surface area contributed by atoms with Gasteiger partial charge in [0.1, 0.15) is 0 Å². The van der Waals surface area contributed by atoms with Crippen molar-refractivity contribution in [3.05, 3.63) is 102 Å². The van der Waals surface area contributed by atoms with Gasteiger partial charge in [-0.05, 0) is 72.2 Å². The standard InChI is InChI=1S/C32H28F3N5O/c1-19-6-7-21(20(2)12-30(41)23-4-3-5-25(14-23)32(33,34)35)15-28(19)22-8-11-29-24(13-22)16-36-31(39-29)38-26-17-37-40(18-26)27-9-10-27/h3-8,11,13-18,20,27H,9-10,12H2,1-2H3,(H,36,38,39). The molecule has 6 nitrogen and oxygen atoms in total. The molecular weight excluding hydrogens is 527 g/mol. The van der Waals surface area contributed by atoms with Crippen LogP contribution in [0.5, 0.6) is 0 Å².